The Hall–Kier alpha value is -2.87. The van der Waals surface area contributed by atoms with Crippen molar-refractivity contribution < 1.29 is 0 Å². The summed E-state index contributed by atoms with van der Waals surface area (Å²) in [5.74, 6) is 0. The Bertz CT molecular complexity index is 802. The van der Waals surface area contributed by atoms with E-state index < -0.39 is 0 Å². The van der Waals surface area contributed by atoms with Crippen molar-refractivity contribution in [2.24, 2.45) is 0 Å². The van der Waals surface area contributed by atoms with Crippen LogP contribution in [0.4, 0.5) is 0 Å². The third kappa shape index (κ3) is 3.18. The number of para-hydroxylation sites is 1. The van der Waals surface area contributed by atoms with E-state index in [1.165, 1.54) is 0 Å². The fourth-order valence-corrected chi connectivity index (χ4v) is 2.16. The van der Waals surface area contributed by atoms with Gasteiger partial charge in [0.25, 0.3) is 5.56 Å². The first-order valence-electron chi connectivity index (χ1n) is 6.84. The Morgan fingerprint density at radius 3 is 2.00 bits per heavy atom. The molecule has 1 aromatic heterocycles. The van der Waals surface area contributed by atoms with Gasteiger partial charge in [0.05, 0.1) is 0 Å². The van der Waals surface area contributed by atoms with E-state index in [2.05, 4.69) is 0 Å². The average Bonchev–Trinajstić information content (AvgIpc) is 2.55. The highest BCUT2D eigenvalue weighted by atomic mass is 16.1. The van der Waals surface area contributed by atoms with Gasteiger partial charge in [-0.15, -0.1) is 0 Å². The Morgan fingerprint density at radius 2 is 1.33 bits per heavy atom. The molecule has 0 aliphatic carbocycles. The van der Waals surface area contributed by atoms with Crippen molar-refractivity contribution in [3.8, 4) is 5.69 Å². The van der Waals surface area contributed by atoms with Crippen LogP contribution >= 0.6 is 0 Å². The summed E-state index contributed by atoms with van der Waals surface area (Å²) in [5, 5.41) is 0. The quantitative estimate of drug-likeness (QED) is 0.706. The lowest BCUT2D eigenvalue weighted by Crippen LogP contribution is -2.16. The van der Waals surface area contributed by atoms with Crippen LogP contribution in [0.1, 0.15) is 11.1 Å². The maximum atomic E-state index is 12.2. The molecular formula is C19H15NO. The molecule has 0 spiro atoms. The monoisotopic (exact) mass is 273 g/mol. The summed E-state index contributed by atoms with van der Waals surface area (Å²) < 4.78 is 1.64. The van der Waals surface area contributed by atoms with E-state index in [-0.39, 0.29) is 5.56 Å². The number of nitrogens with zero attached hydrogens (tertiary/aromatic N) is 1. The van der Waals surface area contributed by atoms with Gasteiger partial charge in [-0.05, 0) is 29.3 Å². The highest BCUT2D eigenvalue weighted by Gasteiger charge is 1.98. The van der Waals surface area contributed by atoms with E-state index in [9.17, 15) is 4.79 Å². The zero-order valence-electron chi connectivity index (χ0n) is 11.5. The number of benzene rings is 2. The van der Waals surface area contributed by atoms with Crippen LogP contribution in [0, 0.1) is 0 Å². The highest BCUT2D eigenvalue weighted by Crippen LogP contribution is 2.08. The molecule has 1 heterocycles. The Labute approximate surface area is 123 Å². The van der Waals surface area contributed by atoms with Crippen LogP contribution in [0.3, 0.4) is 0 Å². The van der Waals surface area contributed by atoms with Crippen molar-refractivity contribution >= 4 is 12.2 Å². The van der Waals surface area contributed by atoms with Gasteiger partial charge in [0.1, 0.15) is 0 Å². The lowest BCUT2D eigenvalue weighted by atomic mass is 10.1. The van der Waals surface area contributed by atoms with E-state index >= 15 is 0 Å². The molecule has 0 aliphatic rings. The van der Waals surface area contributed by atoms with Crippen LogP contribution in [-0.2, 0) is 0 Å². The van der Waals surface area contributed by atoms with Crippen LogP contribution < -0.4 is 5.56 Å². The third-order valence-electron chi connectivity index (χ3n) is 3.25. The van der Waals surface area contributed by atoms with Gasteiger partial charge in [0.15, 0.2) is 0 Å². The smallest absolute Gasteiger partial charge is 0.255 e. The lowest BCUT2D eigenvalue weighted by molar-refractivity contribution is 0.989. The maximum Gasteiger partial charge on any atom is 0.255 e. The fraction of sp³-hybridized carbons (Fsp3) is 0. The molecule has 2 aromatic carbocycles. The van der Waals surface area contributed by atoms with Gasteiger partial charge in [-0.25, -0.2) is 0 Å². The number of rotatable bonds is 3. The summed E-state index contributed by atoms with van der Waals surface area (Å²) in [5.41, 5.74) is 2.86. The summed E-state index contributed by atoms with van der Waals surface area (Å²) in [7, 11) is 0. The molecule has 21 heavy (non-hydrogen) atoms. The van der Waals surface area contributed by atoms with Crippen molar-refractivity contribution in [3.05, 3.63) is 100 Å². The van der Waals surface area contributed by atoms with Crippen LogP contribution in [-0.4, -0.2) is 4.57 Å². The van der Waals surface area contributed by atoms with Gasteiger partial charge in [0.2, 0.25) is 0 Å². The molecule has 102 valence electrons. The molecule has 0 radical (unpaired) electrons. The summed E-state index contributed by atoms with van der Waals surface area (Å²) in [4.78, 5) is 12.2. The van der Waals surface area contributed by atoms with Gasteiger partial charge in [-0.3, -0.25) is 9.36 Å². The summed E-state index contributed by atoms with van der Waals surface area (Å²) in [6, 6.07) is 23.2. The molecule has 0 N–H and O–H groups in total. The molecule has 0 saturated carbocycles. The van der Waals surface area contributed by atoms with Gasteiger partial charge < -0.3 is 0 Å². The maximum absolute atomic E-state index is 12.2. The number of hydrogen-bond donors (Lipinski definition) is 0. The molecule has 3 aromatic rings. The molecule has 0 bridgehead atoms. The molecule has 0 aliphatic heterocycles. The van der Waals surface area contributed by atoms with Crippen molar-refractivity contribution in [1.29, 1.82) is 0 Å². The van der Waals surface area contributed by atoms with Crippen LogP contribution in [0.2, 0.25) is 0 Å². The average molecular weight is 273 g/mol. The Morgan fingerprint density at radius 1 is 0.714 bits per heavy atom. The van der Waals surface area contributed by atoms with E-state index in [1.54, 1.807) is 10.6 Å². The van der Waals surface area contributed by atoms with Crippen LogP contribution in [0.25, 0.3) is 17.8 Å². The predicted molar refractivity (Wildman–Crippen MR) is 87.4 cm³/mol. The minimum Gasteiger partial charge on any atom is -0.284 e. The minimum absolute atomic E-state index is 0.0311. The third-order valence-corrected chi connectivity index (χ3v) is 3.25. The molecule has 2 heteroatoms. The van der Waals surface area contributed by atoms with E-state index in [1.807, 2.05) is 85.1 Å². The minimum atomic E-state index is -0.0311. The number of aromatic nitrogens is 1. The largest absolute Gasteiger partial charge is 0.284 e. The second kappa shape index (κ2) is 6.06. The zero-order chi connectivity index (χ0) is 14.5. The zero-order valence-corrected chi connectivity index (χ0v) is 11.5. The topological polar surface area (TPSA) is 22.0 Å². The summed E-state index contributed by atoms with van der Waals surface area (Å²) in [6.07, 6.45) is 5.76. The van der Waals surface area contributed by atoms with Crippen LogP contribution in [0.15, 0.2) is 83.8 Å². The summed E-state index contributed by atoms with van der Waals surface area (Å²) >= 11 is 0. The molecule has 0 fully saturated rings. The fourth-order valence-electron chi connectivity index (χ4n) is 2.16. The SMILES string of the molecule is O=c1cc(/C=C/c2ccccc2)ccn1-c1ccccc1. The molecule has 0 saturated heterocycles. The second-order valence-corrected chi connectivity index (χ2v) is 4.75. The first kappa shape index (κ1) is 13.1. The Kier molecular flexibility index (Phi) is 3.79. The molecule has 0 unspecified atom stereocenters. The van der Waals surface area contributed by atoms with E-state index in [0.29, 0.717) is 0 Å². The molecule has 0 amide bonds. The molecule has 0 atom stereocenters. The predicted octanol–water partition coefficient (Wildman–Crippen LogP) is 4.01. The molecular weight excluding hydrogens is 258 g/mol. The van der Waals surface area contributed by atoms with Crippen molar-refractivity contribution in [1.82, 2.24) is 4.57 Å². The lowest BCUT2D eigenvalue weighted by Gasteiger charge is -2.05. The first-order valence-corrected chi connectivity index (χ1v) is 6.84. The van der Waals surface area contributed by atoms with E-state index in [0.717, 1.165) is 16.8 Å². The first-order chi connectivity index (χ1) is 10.3. The molecule has 3 rings (SSSR count). The standard InChI is InChI=1S/C19H15NO/c21-19-15-17(12-11-16-7-3-1-4-8-16)13-14-20(19)18-9-5-2-6-10-18/h1-15H/b12-11+. The van der Waals surface area contributed by atoms with E-state index in [4.69, 9.17) is 0 Å². The summed E-state index contributed by atoms with van der Waals surface area (Å²) in [6.45, 7) is 0. The van der Waals surface area contributed by atoms with Crippen molar-refractivity contribution in [3.63, 3.8) is 0 Å². The van der Waals surface area contributed by atoms with Crippen molar-refractivity contribution in [2.45, 2.75) is 0 Å². The van der Waals surface area contributed by atoms with Gasteiger partial charge in [-0.1, -0.05) is 60.7 Å². The number of pyridine rings is 1. The van der Waals surface area contributed by atoms with Crippen LogP contribution in [0.5, 0.6) is 0 Å². The van der Waals surface area contributed by atoms with Gasteiger partial charge >= 0.3 is 0 Å². The second-order valence-electron chi connectivity index (χ2n) is 4.75. The number of hydrogen-bond acceptors (Lipinski definition) is 1. The van der Waals surface area contributed by atoms with Gasteiger partial charge in [0, 0.05) is 18.0 Å². The molecule has 2 nitrogen and oxygen atoms in total. The normalized spacial score (nSPS) is 10.9. The highest BCUT2D eigenvalue weighted by molar-refractivity contribution is 5.69. The Balaban J connectivity index is 1.89. The van der Waals surface area contributed by atoms with Gasteiger partial charge in [-0.2, -0.15) is 0 Å². The van der Waals surface area contributed by atoms with Crippen molar-refractivity contribution in [2.75, 3.05) is 0 Å².